The molecule has 1 aliphatic carbocycles. The number of amides is 2. The van der Waals surface area contributed by atoms with Gasteiger partial charge in [-0.2, -0.15) is 5.26 Å². The van der Waals surface area contributed by atoms with Gasteiger partial charge in [-0.25, -0.2) is 0 Å². The van der Waals surface area contributed by atoms with E-state index in [4.69, 9.17) is 14.7 Å². The van der Waals surface area contributed by atoms with Crippen molar-refractivity contribution in [1.82, 2.24) is 15.2 Å². The maximum absolute atomic E-state index is 13.0. The number of hydrogen-bond acceptors (Lipinski definition) is 6. The van der Waals surface area contributed by atoms with Gasteiger partial charge in [0.05, 0.1) is 23.3 Å². The molecule has 0 unspecified atom stereocenters. The first-order chi connectivity index (χ1) is 19.5. The van der Waals surface area contributed by atoms with Crippen molar-refractivity contribution < 1.29 is 19.1 Å². The molecule has 40 heavy (non-hydrogen) atoms. The number of carbonyl (C=O) groups excluding carboxylic acids is 2. The molecule has 0 atom stereocenters. The number of carbonyl (C=O) groups is 2. The Morgan fingerprint density at radius 3 is 2.02 bits per heavy atom. The lowest BCUT2D eigenvalue weighted by Crippen LogP contribution is -2.42. The SMILES string of the molecule is Cc1ccc(OC2CCN(C(=O)c3ccc(C(=O)NC4CCC(Oc5ccc(C#N)cc5)CC4)cn3)CC2)cc1. The van der Waals surface area contributed by atoms with Gasteiger partial charge < -0.3 is 19.7 Å². The van der Waals surface area contributed by atoms with Crippen molar-refractivity contribution in [2.24, 2.45) is 0 Å². The lowest BCUT2D eigenvalue weighted by molar-refractivity contribution is 0.0589. The molecular formula is C32H34N4O4. The Hall–Kier alpha value is -4.38. The summed E-state index contributed by atoms with van der Waals surface area (Å²) in [4.78, 5) is 31.9. The average molecular weight is 539 g/mol. The van der Waals surface area contributed by atoms with E-state index in [1.54, 1.807) is 29.2 Å². The number of piperidine rings is 1. The fourth-order valence-corrected chi connectivity index (χ4v) is 5.20. The number of pyridine rings is 1. The molecule has 0 radical (unpaired) electrons. The van der Waals surface area contributed by atoms with Gasteiger partial charge in [-0.3, -0.25) is 14.6 Å². The Morgan fingerprint density at radius 2 is 1.45 bits per heavy atom. The summed E-state index contributed by atoms with van der Waals surface area (Å²) in [5, 5.41) is 12.0. The van der Waals surface area contributed by atoms with Crippen molar-refractivity contribution in [3.8, 4) is 17.6 Å². The summed E-state index contributed by atoms with van der Waals surface area (Å²) in [6.45, 7) is 3.26. The summed E-state index contributed by atoms with van der Waals surface area (Å²) in [5.41, 5.74) is 2.58. The minimum Gasteiger partial charge on any atom is -0.490 e. The number of ether oxygens (including phenoxy) is 2. The van der Waals surface area contributed by atoms with Crippen LogP contribution in [-0.2, 0) is 0 Å². The molecule has 1 saturated carbocycles. The number of hydrogen-bond donors (Lipinski definition) is 1. The summed E-state index contributed by atoms with van der Waals surface area (Å²) >= 11 is 0. The molecule has 8 heteroatoms. The summed E-state index contributed by atoms with van der Waals surface area (Å²) in [7, 11) is 0. The zero-order chi connectivity index (χ0) is 27.9. The van der Waals surface area contributed by atoms with Gasteiger partial charge in [0, 0.05) is 38.2 Å². The molecular weight excluding hydrogens is 504 g/mol. The zero-order valence-electron chi connectivity index (χ0n) is 22.7. The zero-order valence-corrected chi connectivity index (χ0v) is 22.7. The first-order valence-corrected chi connectivity index (χ1v) is 13.9. The van der Waals surface area contributed by atoms with E-state index < -0.39 is 0 Å². The van der Waals surface area contributed by atoms with Crippen molar-refractivity contribution in [1.29, 1.82) is 5.26 Å². The molecule has 3 aromatic rings. The molecule has 2 aromatic carbocycles. The predicted molar refractivity (Wildman–Crippen MR) is 150 cm³/mol. The largest absolute Gasteiger partial charge is 0.490 e. The third-order valence-corrected chi connectivity index (χ3v) is 7.59. The lowest BCUT2D eigenvalue weighted by Gasteiger charge is -2.32. The molecule has 0 bridgehead atoms. The normalized spacial score (nSPS) is 19.4. The van der Waals surface area contributed by atoms with Crippen LogP contribution in [0.25, 0.3) is 0 Å². The quantitative estimate of drug-likeness (QED) is 0.451. The number of benzene rings is 2. The molecule has 5 rings (SSSR count). The first kappa shape index (κ1) is 27.2. The number of nitrogens with one attached hydrogen (secondary N) is 1. The van der Waals surface area contributed by atoms with Gasteiger partial charge in [-0.1, -0.05) is 17.7 Å². The topological polar surface area (TPSA) is 105 Å². The second-order valence-electron chi connectivity index (χ2n) is 10.6. The standard InChI is InChI=1S/C32H34N4O4/c1-22-2-9-26(10-3-22)40-29-16-18-36(19-17-29)32(38)30-15-6-24(21-34-30)31(37)35-25-7-13-28(14-8-25)39-27-11-4-23(20-33)5-12-27/h2-6,9-12,15,21,25,28-29H,7-8,13-14,16-19H2,1H3,(H,35,37). The van der Waals surface area contributed by atoms with Crippen molar-refractivity contribution in [2.45, 2.75) is 63.7 Å². The molecule has 1 aliphatic heterocycles. The fraction of sp³-hybridized carbons (Fsp3) is 0.375. The minimum absolute atomic E-state index is 0.0676. The van der Waals surface area contributed by atoms with E-state index in [1.165, 1.54) is 11.8 Å². The van der Waals surface area contributed by atoms with E-state index in [2.05, 4.69) is 16.4 Å². The van der Waals surface area contributed by atoms with E-state index in [-0.39, 0.29) is 30.1 Å². The maximum atomic E-state index is 13.0. The molecule has 8 nitrogen and oxygen atoms in total. The highest BCUT2D eigenvalue weighted by molar-refractivity contribution is 5.96. The highest BCUT2D eigenvalue weighted by Crippen LogP contribution is 2.25. The molecule has 0 spiro atoms. The highest BCUT2D eigenvalue weighted by atomic mass is 16.5. The third-order valence-electron chi connectivity index (χ3n) is 7.59. The number of nitrogens with zero attached hydrogens (tertiary/aromatic N) is 3. The number of aromatic nitrogens is 1. The molecule has 2 amide bonds. The van der Waals surface area contributed by atoms with Gasteiger partial charge in [-0.15, -0.1) is 0 Å². The molecule has 1 aromatic heterocycles. The predicted octanol–water partition coefficient (Wildman–Crippen LogP) is 5.07. The van der Waals surface area contributed by atoms with E-state index in [9.17, 15) is 9.59 Å². The van der Waals surface area contributed by atoms with Crippen LogP contribution in [0.1, 0.15) is 70.5 Å². The molecule has 2 fully saturated rings. The third kappa shape index (κ3) is 6.97. The average Bonchev–Trinajstić information content (AvgIpc) is 3.00. The van der Waals surface area contributed by atoms with Crippen LogP contribution in [0, 0.1) is 18.3 Å². The van der Waals surface area contributed by atoms with Crippen LogP contribution in [0.4, 0.5) is 0 Å². The number of nitriles is 1. The van der Waals surface area contributed by atoms with Crippen molar-refractivity contribution in [3.63, 3.8) is 0 Å². The van der Waals surface area contributed by atoms with Crippen LogP contribution < -0.4 is 14.8 Å². The van der Waals surface area contributed by atoms with Gasteiger partial charge in [0.25, 0.3) is 11.8 Å². The number of rotatable bonds is 7. The van der Waals surface area contributed by atoms with E-state index >= 15 is 0 Å². The van der Waals surface area contributed by atoms with E-state index in [1.807, 2.05) is 43.3 Å². The second kappa shape index (κ2) is 12.6. The summed E-state index contributed by atoms with van der Waals surface area (Å²) < 4.78 is 12.1. The van der Waals surface area contributed by atoms with Crippen LogP contribution in [0.5, 0.6) is 11.5 Å². The van der Waals surface area contributed by atoms with Gasteiger partial charge in [0.15, 0.2) is 0 Å². The van der Waals surface area contributed by atoms with Crippen LogP contribution in [0.2, 0.25) is 0 Å². The van der Waals surface area contributed by atoms with Crippen molar-refractivity contribution >= 4 is 11.8 Å². The van der Waals surface area contributed by atoms with Crippen molar-refractivity contribution in [2.75, 3.05) is 13.1 Å². The Bertz CT molecular complexity index is 1330. The van der Waals surface area contributed by atoms with Gasteiger partial charge in [0.1, 0.15) is 23.3 Å². The molecule has 206 valence electrons. The molecule has 2 heterocycles. The monoisotopic (exact) mass is 538 g/mol. The Balaban J connectivity index is 1.05. The summed E-state index contributed by atoms with van der Waals surface area (Å²) in [6.07, 6.45) is 6.50. The summed E-state index contributed by atoms with van der Waals surface area (Å²) in [5.74, 6) is 1.31. The second-order valence-corrected chi connectivity index (χ2v) is 10.6. The van der Waals surface area contributed by atoms with Crippen LogP contribution in [-0.4, -0.2) is 53.0 Å². The first-order valence-electron chi connectivity index (χ1n) is 13.9. The lowest BCUT2D eigenvalue weighted by atomic mass is 9.92. The molecule has 1 N–H and O–H groups in total. The molecule has 2 aliphatic rings. The highest BCUT2D eigenvalue weighted by Gasteiger charge is 2.27. The Labute approximate surface area is 234 Å². The summed E-state index contributed by atoms with van der Waals surface area (Å²) in [6, 6.07) is 20.6. The number of aryl methyl sites for hydroxylation is 1. The Kier molecular flexibility index (Phi) is 8.60. The van der Waals surface area contributed by atoms with Crippen LogP contribution in [0.3, 0.4) is 0 Å². The van der Waals surface area contributed by atoms with Gasteiger partial charge in [0.2, 0.25) is 0 Å². The minimum atomic E-state index is -0.183. The maximum Gasteiger partial charge on any atom is 0.272 e. The van der Waals surface area contributed by atoms with E-state index in [0.717, 1.165) is 50.0 Å². The van der Waals surface area contributed by atoms with Crippen LogP contribution in [0.15, 0.2) is 66.9 Å². The molecule has 1 saturated heterocycles. The van der Waals surface area contributed by atoms with Crippen LogP contribution >= 0.6 is 0 Å². The number of likely N-dealkylation sites (tertiary alicyclic amines) is 1. The fourth-order valence-electron chi connectivity index (χ4n) is 5.20. The Morgan fingerprint density at radius 1 is 0.850 bits per heavy atom. The van der Waals surface area contributed by atoms with Crippen molar-refractivity contribution in [3.05, 3.63) is 89.2 Å². The van der Waals surface area contributed by atoms with Gasteiger partial charge in [-0.05, 0) is 81.1 Å². The smallest absolute Gasteiger partial charge is 0.272 e. The van der Waals surface area contributed by atoms with E-state index in [0.29, 0.717) is 29.9 Å². The van der Waals surface area contributed by atoms with Gasteiger partial charge >= 0.3 is 0 Å².